The molecule has 15 atom stereocenters. The van der Waals surface area contributed by atoms with Crippen molar-refractivity contribution < 1.29 is 67.3 Å². The number of methoxy groups -OCH3 is 3. The molecule has 1 unspecified atom stereocenters. The standard InChI is InChI=1S/C56H88INO14/c1-35-17-12-11-13-18-36(2)47(70-28-27-66-8)33-43-22-20-41(7)56(65,72-43)53(62)54(63)58-25-15-14-19-44(58)55(64)71-48(38(4)31-42-21-23-46(49(32-42)67-9)69-26-16-24-57)34-45(59)37(3)30-40(6)51(61)52(68-10)50(60)39(5)29-35/h11-13,17-18,30,35,37-39,41-44,46-49,51-52,61,65H,14-16,19-29,31-34H2,1-10H3/b13-11?,17-12+,36-18?,40-30+/t35-,37-,38-,39-,41-,42+,43+,44?,46-,47+,48+,49-,51-,52+,56-/m1/s1. The molecule has 0 radical (unpaired) electrons. The van der Waals surface area contributed by atoms with Crippen molar-refractivity contribution in [3.05, 3.63) is 47.6 Å². The Hall–Kier alpha value is -2.68. The number of piperidine rings is 1. The number of rotatable bonds is 13. The van der Waals surface area contributed by atoms with Crippen LogP contribution in [-0.2, 0) is 57.1 Å². The normalized spacial score (nSPS) is 36.5. The third-order valence-electron chi connectivity index (χ3n) is 15.4. The minimum atomic E-state index is -2.45. The van der Waals surface area contributed by atoms with Crippen LogP contribution >= 0.6 is 22.6 Å². The van der Waals surface area contributed by atoms with E-state index in [-0.39, 0.29) is 73.9 Å². The fourth-order valence-corrected chi connectivity index (χ4v) is 11.1. The highest BCUT2D eigenvalue weighted by atomic mass is 127. The number of halogens is 1. The number of allylic oxidation sites excluding steroid dienone is 6. The van der Waals surface area contributed by atoms with Crippen molar-refractivity contribution in [2.75, 3.05) is 52.1 Å². The van der Waals surface area contributed by atoms with Gasteiger partial charge < -0.3 is 48.3 Å². The van der Waals surface area contributed by atoms with Crippen molar-refractivity contribution in [1.82, 2.24) is 4.90 Å². The minimum absolute atomic E-state index is 0.00824. The summed E-state index contributed by atoms with van der Waals surface area (Å²) in [6.07, 6.45) is 13.5. The molecule has 408 valence electrons. The first kappa shape index (κ1) is 61.9. The van der Waals surface area contributed by atoms with E-state index in [0.717, 1.165) is 35.7 Å². The van der Waals surface area contributed by atoms with Crippen LogP contribution in [0.15, 0.2) is 47.6 Å². The molecular weight excluding hydrogens is 1040 g/mol. The fraction of sp³-hybridized carbons (Fsp3) is 0.768. The van der Waals surface area contributed by atoms with Crippen LogP contribution in [0.2, 0.25) is 0 Å². The van der Waals surface area contributed by atoms with Crippen molar-refractivity contribution in [3.8, 4) is 0 Å². The number of nitrogens with zero attached hydrogens (tertiary/aromatic N) is 1. The Labute approximate surface area is 443 Å². The number of hydrogen-bond donors (Lipinski definition) is 2. The van der Waals surface area contributed by atoms with Crippen LogP contribution in [-0.4, -0.2) is 151 Å². The monoisotopic (exact) mass is 1130 g/mol. The van der Waals surface area contributed by atoms with Crippen molar-refractivity contribution in [3.63, 3.8) is 0 Å². The Morgan fingerprint density at radius 1 is 0.847 bits per heavy atom. The first-order valence-electron chi connectivity index (χ1n) is 26.5. The number of fused-ring (bicyclic) bond motifs is 3. The molecule has 3 fully saturated rings. The second-order valence-corrected chi connectivity index (χ2v) is 22.2. The van der Waals surface area contributed by atoms with Crippen LogP contribution in [0.4, 0.5) is 0 Å². The molecular formula is C56H88INO14. The molecule has 16 heteroatoms. The Morgan fingerprint density at radius 3 is 2.29 bits per heavy atom. The quantitative estimate of drug-likeness (QED) is 0.0449. The van der Waals surface area contributed by atoms with Gasteiger partial charge in [-0.2, -0.15) is 0 Å². The maximum Gasteiger partial charge on any atom is 0.329 e. The number of esters is 1. The van der Waals surface area contributed by atoms with E-state index >= 15 is 0 Å². The number of ether oxygens (including phenoxy) is 7. The molecule has 3 aliphatic heterocycles. The van der Waals surface area contributed by atoms with E-state index in [1.54, 1.807) is 41.1 Å². The van der Waals surface area contributed by atoms with Gasteiger partial charge in [-0.3, -0.25) is 19.2 Å². The van der Waals surface area contributed by atoms with E-state index in [0.29, 0.717) is 57.3 Å². The average molecular weight is 1130 g/mol. The van der Waals surface area contributed by atoms with Crippen molar-refractivity contribution in [2.24, 2.45) is 35.5 Å². The number of carbonyl (C=O) groups excluding carboxylic acids is 5. The van der Waals surface area contributed by atoms with E-state index in [2.05, 4.69) is 22.6 Å². The number of aliphatic hydroxyl groups is 2. The molecule has 3 heterocycles. The zero-order valence-corrected chi connectivity index (χ0v) is 47.1. The lowest BCUT2D eigenvalue weighted by molar-refractivity contribution is -0.266. The number of Topliss-reactive ketones (excluding diaryl/α,β-unsaturated/α-hetero) is 3. The van der Waals surface area contributed by atoms with Crippen molar-refractivity contribution >= 4 is 51.8 Å². The third-order valence-corrected chi connectivity index (χ3v) is 16.1. The molecule has 15 nitrogen and oxygen atoms in total. The summed E-state index contributed by atoms with van der Waals surface area (Å²) in [5, 5.41) is 23.6. The Kier molecular flexibility index (Phi) is 26.4. The molecule has 2 bridgehead atoms. The van der Waals surface area contributed by atoms with Crippen LogP contribution < -0.4 is 0 Å². The van der Waals surface area contributed by atoms with E-state index in [1.807, 2.05) is 58.1 Å². The van der Waals surface area contributed by atoms with Gasteiger partial charge in [-0.1, -0.05) is 93.7 Å². The summed E-state index contributed by atoms with van der Waals surface area (Å²) in [4.78, 5) is 72.7. The third kappa shape index (κ3) is 17.7. The highest BCUT2D eigenvalue weighted by molar-refractivity contribution is 14.1. The van der Waals surface area contributed by atoms with Crippen molar-refractivity contribution in [2.45, 2.75) is 186 Å². The number of hydrogen-bond acceptors (Lipinski definition) is 14. The summed E-state index contributed by atoms with van der Waals surface area (Å²) in [7, 11) is 4.67. The molecule has 1 saturated carbocycles. The van der Waals surface area contributed by atoms with Gasteiger partial charge in [0.15, 0.2) is 5.78 Å². The molecule has 1 amide bonds. The van der Waals surface area contributed by atoms with Gasteiger partial charge in [-0.15, -0.1) is 0 Å². The Bertz CT molecular complexity index is 1890. The summed E-state index contributed by atoms with van der Waals surface area (Å²) < 4.78 is 42.9. The number of ketones is 3. The molecule has 4 aliphatic rings. The molecule has 72 heavy (non-hydrogen) atoms. The van der Waals surface area contributed by atoms with E-state index in [4.69, 9.17) is 33.2 Å². The lowest BCUT2D eigenvalue weighted by atomic mass is 9.78. The van der Waals surface area contributed by atoms with Gasteiger partial charge in [0, 0.05) is 69.5 Å². The van der Waals surface area contributed by atoms with Gasteiger partial charge in [-0.25, -0.2) is 4.79 Å². The fourth-order valence-electron chi connectivity index (χ4n) is 10.8. The minimum Gasteiger partial charge on any atom is -0.460 e. The lowest BCUT2D eigenvalue weighted by Gasteiger charge is -2.43. The maximum absolute atomic E-state index is 14.6. The van der Waals surface area contributed by atoms with Crippen LogP contribution in [0.5, 0.6) is 0 Å². The Morgan fingerprint density at radius 2 is 1.60 bits per heavy atom. The van der Waals surface area contributed by atoms with Gasteiger partial charge in [0.1, 0.15) is 30.1 Å². The zero-order chi connectivity index (χ0) is 53.1. The van der Waals surface area contributed by atoms with E-state index < -0.39 is 77.8 Å². The number of aliphatic hydroxyl groups excluding tert-OH is 1. The van der Waals surface area contributed by atoms with Crippen LogP contribution in [0.3, 0.4) is 0 Å². The largest absolute Gasteiger partial charge is 0.460 e. The summed E-state index contributed by atoms with van der Waals surface area (Å²) in [5.74, 6) is -7.85. The summed E-state index contributed by atoms with van der Waals surface area (Å²) in [6, 6.07) is -1.14. The molecule has 0 spiro atoms. The molecule has 4 rings (SSSR count). The van der Waals surface area contributed by atoms with Gasteiger partial charge in [0.2, 0.25) is 5.79 Å². The number of amides is 1. The molecule has 0 aromatic carbocycles. The van der Waals surface area contributed by atoms with E-state index in [1.165, 1.54) is 12.0 Å². The predicted molar refractivity (Wildman–Crippen MR) is 283 cm³/mol. The van der Waals surface area contributed by atoms with Crippen LogP contribution in [0, 0.1) is 35.5 Å². The van der Waals surface area contributed by atoms with Crippen molar-refractivity contribution in [1.29, 1.82) is 0 Å². The second-order valence-electron chi connectivity index (χ2n) is 21.1. The molecule has 2 N–H and O–H groups in total. The smallest absolute Gasteiger partial charge is 0.329 e. The first-order valence-corrected chi connectivity index (χ1v) is 28.1. The van der Waals surface area contributed by atoms with Crippen LogP contribution in [0.1, 0.15) is 132 Å². The molecule has 2 saturated heterocycles. The Balaban J connectivity index is 1.71. The summed E-state index contributed by atoms with van der Waals surface area (Å²) in [5.41, 5.74) is 1.26. The van der Waals surface area contributed by atoms with Gasteiger partial charge in [0.05, 0.1) is 37.6 Å². The summed E-state index contributed by atoms with van der Waals surface area (Å²) in [6.45, 7) is 14.2. The van der Waals surface area contributed by atoms with Crippen LogP contribution in [0.25, 0.3) is 0 Å². The molecule has 1 aliphatic carbocycles. The first-order chi connectivity index (χ1) is 34.3. The van der Waals surface area contributed by atoms with Gasteiger partial charge in [0.25, 0.3) is 11.7 Å². The van der Waals surface area contributed by atoms with Gasteiger partial charge in [-0.05, 0) is 113 Å². The average Bonchev–Trinajstić information content (AvgIpc) is 3.36. The maximum atomic E-state index is 14.6. The van der Waals surface area contributed by atoms with E-state index in [9.17, 15) is 34.2 Å². The highest BCUT2D eigenvalue weighted by Gasteiger charge is 2.53. The summed E-state index contributed by atoms with van der Waals surface area (Å²) >= 11 is 2.34. The van der Waals surface area contributed by atoms with Gasteiger partial charge >= 0.3 is 5.97 Å². The second kappa shape index (κ2) is 30.8. The SMILES string of the molecule is COCCO[C@H]1C[C@@H]2CC[C@@H](C)[C@@](O)(O2)C(=O)C(=O)N2CCCCC2C(=O)O[C@H]([C@H](C)C[C@@H]2CC[C@@H](OCCCI)[C@H](OC)C2)CC(=O)[C@H](C)/C=C(\C)[C@@H](O)[C@@H](OC)C(=O)[C@H](C)C[C@H](C)/C=C/C=CC=C1C. The number of cyclic esters (lactones) is 1. The molecule has 0 aromatic rings. The lowest BCUT2D eigenvalue weighted by Crippen LogP contribution is -2.61. The molecule has 0 aromatic heterocycles. The topological polar surface area (TPSA) is 194 Å². The zero-order valence-electron chi connectivity index (χ0n) is 44.9. The predicted octanol–water partition coefficient (Wildman–Crippen LogP) is 8.05. The number of carbonyl (C=O) groups is 5. The highest BCUT2D eigenvalue weighted by Crippen LogP contribution is 2.38. The number of alkyl halides is 1.